The zero-order valence-corrected chi connectivity index (χ0v) is 11.2. The van der Waals surface area contributed by atoms with Crippen LogP contribution in [0.3, 0.4) is 0 Å². The molecule has 0 amide bonds. The van der Waals surface area contributed by atoms with Gasteiger partial charge in [-0.05, 0) is 26.7 Å². The maximum absolute atomic E-state index is 10.3. The molecule has 4 nitrogen and oxygen atoms in total. The molecule has 0 bridgehead atoms. The van der Waals surface area contributed by atoms with Gasteiger partial charge in [0.25, 0.3) is 0 Å². The monoisotopic (exact) mass is 242 g/mol. The molecule has 0 aromatic rings. The number of aliphatic carboxylic acids is 1. The van der Waals surface area contributed by atoms with Crippen molar-refractivity contribution in [3.8, 4) is 0 Å². The predicted molar refractivity (Wildman–Crippen MR) is 67.7 cm³/mol. The van der Waals surface area contributed by atoms with Crippen LogP contribution < -0.4 is 0 Å². The topological polar surface area (TPSA) is 63.6 Å². The molecule has 0 saturated carbocycles. The number of ether oxygens (including phenoxy) is 1. The van der Waals surface area contributed by atoms with Gasteiger partial charge in [-0.2, -0.15) is 0 Å². The van der Waals surface area contributed by atoms with Crippen LogP contribution in [0.2, 0.25) is 0 Å². The van der Waals surface area contributed by atoms with Crippen LogP contribution in [0.5, 0.6) is 0 Å². The number of carboxylic acid groups (broad SMARTS) is 1. The largest absolute Gasteiger partial charge is 0.478 e. The maximum Gasteiger partial charge on any atom is 0.330 e. The molecule has 0 saturated heterocycles. The molecule has 0 aromatic heterocycles. The summed E-state index contributed by atoms with van der Waals surface area (Å²) in [6.45, 7) is 12.3. The Morgan fingerprint density at radius 3 is 1.82 bits per heavy atom. The summed E-state index contributed by atoms with van der Waals surface area (Å²) < 4.78 is 4.64. The second-order valence-electron chi connectivity index (χ2n) is 4.09. The first-order valence-electron chi connectivity index (χ1n) is 5.45. The highest BCUT2D eigenvalue weighted by Crippen LogP contribution is 2.00. The normalized spacial score (nSPS) is 10.6. The minimum Gasteiger partial charge on any atom is -0.478 e. The van der Waals surface area contributed by atoms with Crippen molar-refractivity contribution in [2.75, 3.05) is 0 Å². The molecule has 0 aliphatic heterocycles. The van der Waals surface area contributed by atoms with Crippen LogP contribution in [0.25, 0.3) is 0 Å². The second-order valence-corrected chi connectivity index (χ2v) is 4.09. The Hall–Kier alpha value is -1.58. The molecule has 0 fully saturated rings. The Bertz CT molecular complexity index is 288. The summed E-state index contributed by atoms with van der Waals surface area (Å²) in [7, 11) is 0. The van der Waals surface area contributed by atoms with Gasteiger partial charge in [0.15, 0.2) is 0 Å². The maximum atomic E-state index is 10.3. The third-order valence-electron chi connectivity index (χ3n) is 1.44. The van der Waals surface area contributed by atoms with Gasteiger partial charge in [-0.15, -0.1) is 0 Å². The number of carbonyl (C=O) groups excluding carboxylic acids is 1. The highest BCUT2D eigenvalue weighted by molar-refractivity contribution is 5.85. The lowest BCUT2D eigenvalue weighted by Crippen LogP contribution is -2.07. The minimum absolute atomic E-state index is 0.0412. The quantitative estimate of drug-likeness (QED) is 0.608. The summed E-state index contributed by atoms with van der Waals surface area (Å²) in [5.74, 6) is -0.871. The highest BCUT2D eigenvalue weighted by atomic mass is 16.5. The molecule has 4 heteroatoms. The first kappa shape index (κ1) is 17.8. The van der Waals surface area contributed by atoms with Crippen LogP contribution >= 0.6 is 0 Å². The fourth-order valence-corrected chi connectivity index (χ4v) is 0.852. The number of carbonyl (C=O) groups is 2. The average molecular weight is 242 g/mol. The van der Waals surface area contributed by atoms with E-state index >= 15 is 0 Å². The SMILES string of the molecule is C=CC(=O)OC(C)C.CC(=CC(C)C)C(=O)O. The van der Waals surface area contributed by atoms with Crippen molar-refractivity contribution >= 4 is 11.9 Å². The van der Waals surface area contributed by atoms with Gasteiger partial charge < -0.3 is 9.84 Å². The number of hydrogen-bond acceptors (Lipinski definition) is 3. The van der Waals surface area contributed by atoms with Gasteiger partial charge in [-0.3, -0.25) is 0 Å². The van der Waals surface area contributed by atoms with E-state index in [2.05, 4.69) is 11.3 Å². The van der Waals surface area contributed by atoms with Crippen molar-refractivity contribution in [3.63, 3.8) is 0 Å². The van der Waals surface area contributed by atoms with Crippen molar-refractivity contribution < 1.29 is 19.4 Å². The number of allylic oxidation sites excluding steroid dienone is 1. The summed E-state index contributed by atoms with van der Waals surface area (Å²) in [6, 6.07) is 0. The molecule has 0 radical (unpaired) electrons. The molecule has 98 valence electrons. The number of esters is 1. The third kappa shape index (κ3) is 14.4. The average Bonchev–Trinajstić information content (AvgIpc) is 2.16. The van der Waals surface area contributed by atoms with Crippen LogP contribution in [-0.2, 0) is 14.3 Å². The van der Waals surface area contributed by atoms with Crippen LogP contribution in [0.4, 0.5) is 0 Å². The van der Waals surface area contributed by atoms with Crippen molar-refractivity contribution in [3.05, 3.63) is 24.3 Å². The first-order valence-corrected chi connectivity index (χ1v) is 5.45. The summed E-state index contributed by atoms with van der Waals surface area (Å²) in [5, 5.41) is 8.36. The Morgan fingerprint density at radius 1 is 1.24 bits per heavy atom. The Balaban J connectivity index is 0. The van der Waals surface area contributed by atoms with E-state index in [1.165, 1.54) is 0 Å². The van der Waals surface area contributed by atoms with Crippen LogP contribution in [-0.4, -0.2) is 23.1 Å². The van der Waals surface area contributed by atoms with Crippen LogP contribution in [0.15, 0.2) is 24.3 Å². The lowest BCUT2D eigenvalue weighted by atomic mass is 10.1. The molecule has 17 heavy (non-hydrogen) atoms. The molecule has 0 aliphatic rings. The van der Waals surface area contributed by atoms with Crippen LogP contribution in [0, 0.1) is 5.92 Å². The lowest BCUT2D eigenvalue weighted by Gasteiger charge is -2.02. The summed E-state index contributed by atoms with van der Waals surface area (Å²) in [5.41, 5.74) is 0.421. The van der Waals surface area contributed by atoms with Gasteiger partial charge in [0.05, 0.1) is 6.10 Å². The standard InChI is InChI=1S/C7H12O2.C6H10O2/c1-5(2)4-6(3)7(8)9;1-4-6(7)8-5(2)3/h4-5H,1-3H3,(H,8,9);4-5H,1H2,2-3H3. The van der Waals surface area contributed by atoms with Gasteiger partial charge in [0.2, 0.25) is 0 Å². The van der Waals surface area contributed by atoms with E-state index in [4.69, 9.17) is 5.11 Å². The molecular weight excluding hydrogens is 220 g/mol. The molecule has 0 aromatic carbocycles. The third-order valence-corrected chi connectivity index (χ3v) is 1.44. The van der Waals surface area contributed by atoms with E-state index in [0.29, 0.717) is 11.5 Å². The van der Waals surface area contributed by atoms with E-state index in [9.17, 15) is 9.59 Å². The summed E-state index contributed by atoms with van der Waals surface area (Å²) in [6.07, 6.45) is 2.84. The van der Waals surface area contributed by atoms with E-state index < -0.39 is 5.97 Å². The van der Waals surface area contributed by atoms with Gasteiger partial charge in [-0.25, -0.2) is 9.59 Å². The Kier molecular flexibility index (Phi) is 10.1. The molecule has 0 unspecified atom stereocenters. The molecular formula is C13H22O4. The molecule has 0 atom stereocenters. The van der Waals surface area contributed by atoms with Gasteiger partial charge in [-0.1, -0.05) is 26.5 Å². The van der Waals surface area contributed by atoms with Crippen molar-refractivity contribution in [2.45, 2.75) is 40.7 Å². The summed E-state index contributed by atoms with van der Waals surface area (Å²) in [4.78, 5) is 20.4. The molecule has 0 rings (SSSR count). The van der Waals surface area contributed by atoms with E-state index in [0.717, 1.165) is 6.08 Å². The Morgan fingerprint density at radius 2 is 1.71 bits per heavy atom. The Labute approximate surface area is 103 Å². The molecule has 0 aliphatic carbocycles. The van der Waals surface area contributed by atoms with Gasteiger partial charge >= 0.3 is 11.9 Å². The lowest BCUT2D eigenvalue weighted by molar-refractivity contribution is -0.141. The van der Waals surface area contributed by atoms with Gasteiger partial charge in [0.1, 0.15) is 0 Å². The van der Waals surface area contributed by atoms with E-state index in [1.54, 1.807) is 26.8 Å². The van der Waals surface area contributed by atoms with Crippen LogP contribution in [0.1, 0.15) is 34.6 Å². The molecule has 1 N–H and O–H groups in total. The zero-order valence-electron chi connectivity index (χ0n) is 11.2. The minimum atomic E-state index is -0.830. The van der Waals surface area contributed by atoms with Gasteiger partial charge in [0, 0.05) is 11.6 Å². The number of carboxylic acids is 1. The van der Waals surface area contributed by atoms with E-state index in [-0.39, 0.29) is 12.1 Å². The summed E-state index contributed by atoms with van der Waals surface area (Å²) >= 11 is 0. The van der Waals surface area contributed by atoms with Crippen molar-refractivity contribution in [1.29, 1.82) is 0 Å². The number of hydrogen-bond donors (Lipinski definition) is 1. The first-order chi connectivity index (χ1) is 7.70. The predicted octanol–water partition coefficient (Wildman–Crippen LogP) is 2.80. The fourth-order valence-electron chi connectivity index (χ4n) is 0.852. The highest BCUT2D eigenvalue weighted by Gasteiger charge is 1.98. The molecule has 0 spiro atoms. The fraction of sp³-hybridized carbons (Fsp3) is 0.538. The number of rotatable bonds is 4. The van der Waals surface area contributed by atoms with Crippen molar-refractivity contribution in [2.24, 2.45) is 5.92 Å². The van der Waals surface area contributed by atoms with Crippen molar-refractivity contribution in [1.82, 2.24) is 0 Å². The smallest absolute Gasteiger partial charge is 0.330 e. The second kappa shape index (κ2) is 9.63. The molecule has 0 heterocycles. The zero-order chi connectivity index (χ0) is 14.0. The van der Waals surface area contributed by atoms with E-state index in [1.807, 2.05) is 13.8 Å².